The number of aromatic nitrogens is 8. The Morgan fingerprint density at radius 2 is 2.14 bits per heavy atom. The van der Waals surface area contributed by atoms with E-state index >= 15 is 0 Å². The molecule has 5 heterocycles. The van der Waals surface area contributed by atoms with Crippen LogP contribution in [0.2, 0.25) is 0 Å². The third-order valence-corrected chi connectivity index (χ3v) is 7.31. The Balaban J connectivity index is 1.38. The van der Waals surface area contributed by atoms with Crippen molar-refractivity contribution in [2.24, 2.45) is 0 Å². The molecule has 0 spiro atoms. The lowest BCUT2D eigenvalue weighted by atomic mass is 9.90. The summed E-state index contributed by atoms with van der Waals surface area (Å²) in [6, 6.07) is 4.62. The van der Waals surface area contributed by atoms with Crippen LogP contribution in [0.25, 0.3) is 28.4 Å². The number of thiazole rings is 1. The van der Waals surface area contributed by atoms with Gasteiger partial charge in [-0.1, -0.05) is 11.1 Å². The molecule has 0 radical (unpaired) electrons. The quantitative estimate of drug-likeness (QED) is 0.357. The number of fused-ring (bicyclic) bond motifs is 1. The van der Waals surface area contributed by atoms with E-state index in [1.165, 1.54) is 23.6 Å². The van der Waals surface area contributed by atoms with Gasteiger partial charge in [0.05, 0.1) is 35.2 Å². The maximum absolute atomic E-state index is 14.9. The number of nitrogens with zero attached hydrogens (tertiary/aromatic N) is 8. The Hall–Kier alpha value is -4.50. The molecule has 5 aromatic rings. The van der Waals surface area contributed by atoms with Gasteiger partial charge < -0.3 is 9.88 Å². The van der Waals surface area contributed by atoms with Gasteiger partial charge in [-0.2, -0.15) is 0 Å². The molecule has 0 unspecified atom stereocenters. The number of rotatable bonds is 5. The van der Waals surface area contributed by atoms with Gasteiger partial charge in [0.25, 0.3) is 5.91 Å². The minimum Gasteiger partial charge on any atom is -0.347 e. The molecule has 6 rings (SSSR count). The molecule has 1 N–H and O–H groups in total. The first kappa shape index (κ1) is 22.9. The van der Waals surface area contributed by atoms with Gasteiger partial charge in [0.1, 0.15) is 11.2 Å². The minimum absolute atomic E-state index is 0.0657. The van der Waals surface area contributed by atoms with Crippen LogP contribution in [0.15, 0.2) is 49.2 Å². The van der Waals surface area contributed by atoms with E-state index in [1.54, 1.807) is 35.5 Å². The molecule has 1 saturated carbocycles. The Morgan fingerprint density at radius 1 is 1.22 bits per heavy atom. The lowest BCUT2D eigenvalue weighted by molar-refractivity contribution is 0.0920. The van der Waals surface area contributed by atoms with Crippen LogP contribution in [0.4, 0.5) is 4.39 Å². The van der Waals surface area contributed by atoms with Crippen molar-refractivity contribution in [3.63, 3.8) is 0 Å². The fourth-order valence-corrected chi connectivity index (χ4v) is 5.38. The number of carbonyl (C=O) groups is 1. The fourth-order valence-electron chi connectivity index (χ4n) is 4.75. The van der Waals surface area contributed by atoms with E-state index in [-0.39, 0.29) is 23.7 Å². The second kappa shape index (κ2) is 9.51. The van der Waals surface area contributed by atoms with E-state index in [9.17, 15) is 9.18 Å². The Labute approximate surface area is 214 Å². The molecule has 0 bridgehead atoms. The van der Waals surface area contributed by atoms with Crippen molar-refractivity contribution < 1.29 is 9.18 Å². The number of nitrogens with one attached hydrogen (secondary N) is 1. The van der Waals surface area contributed by atoms with E-state index in [4.69, 9.17) is 11.4 Å². The van der Waals surface area contributed by atoms with Crippen molar-refractivity contribution in [1.29, 1.82) is 0 Å². The van der Waals surface area contributed by atoms with Crippen molar-refractivity contribution >= 4 is 28.3 Å². The maximum atomic E-state index is 14.9. The lowest BCUT2D eigenvalue weighted by Gasteiger charge is -2.31. The van der Waals surface area contributed by atoms with Crippen molar-refractivity contribution in [3.8, 4) is 29.7 Å². The second-order valence-corrected chi connectivity index (χ2v) is 9.71. The van der Waals surface area contributed by atoms with Crippen LogP contribution >= 0.6 is 11.3 Å². The molecule has 1 aliphatic carbocycles. The Kier molecular flexibility index (Phi) is 5.90. The molecule has 10 nitrogen and oxygen atoms in total. The fraction of sp³-hybridized carbons (Fsp3) is 0.240. The van der Waals surface area contributed by atoms with Gasteiger partial charge in [-0.25, -0.2) is 29.0 Å². The number of imidazole rings is 1. The molecule has 1 aliphatic rings. The molecular formula is C25H20FN9OS. The summed E-state index contributed by atoms with van der Waals surface area (Å²) in [5.74, 6) is 2.77. The Bertz CT molecular complexity index is 1640. The molecule has 0 aromatic carbocycles. The summed E-state index contributed by atoms with van der Waals surface area (Å²) in [6.45, 7) is 0. The van der Waals surface area contributed by atoms with E-state index in [2.05, 4.69) is 36.5 Å². The lowest BCUT2D eigenvalue weighted by Crippen LogP contribution is -2.39. The first-order valence-electron chi connectivity index (χ1n) is 11.7. The predicted molar refractivity (Wildman–Crippen MR) is 134 cm³/mol. The molecule has 0 saturated heterocycles. The third-order valence-electron chi connectivity index (χ3n) is 6.38. The zero-order chi connectivity index (χ0) is 25.4. The number of terminal acetylenes is 1. The Morgan fingerprint density at radius 3 is 2.92 bits per heavy atom. The maximum Gasteiger partial charge on any atom is 0.280 e. The monoisotopic (exact) mass is 513 g/mol. The predicted octanol–water partition coefficient (Wildman–Crippen LogP) is 3.56. The molecular weight excluding hydrogens is 493 g/mol. The summed E-state index contributed by atoms with van der Waals surface area (Å²) in [5, 5.41) is 11.3. The second-order valence-electron chi connectivity index (χ2n) is 8.68. The highest BCUT2D eigenvalue weighted by molar-refractivity contribution is 7.14. The summed E-state index contributed by atoms with van der Waals surface area (Å²) < 4.78 is 18.5. The topological polar surface area (TPSA) is 116 Å². The van der Waals surface area contributed by atoms with E-state index < -0.39 is 5.82 Å². The summed E-state index contributed by atoms with van der Waals surface area (Å²) >= 11 is 1.19. The van der Waals surface area contributed by atoms with Crippen LogP contribution in [0, 0.1) is 18.2 Å². The van der Waals surface area contributed by atoms with E-state index in [1.807, 2.05) is 10.6 Å². The van der Waals surface area contributed by atoms with E-state index in [0.717, 1.165) is 24.8 Å². The number of hydrogen-bond acceptors (Lipinski definition) is 8. The summed E-state index contributed by atoms with van der Waals surface area (Å²) in [4.78, 5) is 31.0. The summed E-state index contributed by atoms with van der Waals surface area (Å²) in [6.07, 6.45) is 16.5. The van der Waals surface area contributed by atoms with Gasteiger partial charge in [-0.05, 0) is 37.8 Å². The van der Waals surface area contributed by atoms with Gasteiger partial charge in [0, 0.05) is 24.3 Å². The molecule has 184 valence electrons. The number of carbonyl (C=O) groups excluding carboxylic acids is 1. The SMILES string of the molecule is C#Cc1cnc(C(=O)N[C@H]2CCC[C@@H](n3c(-c4ncccc4F)nc4cnc(-n5ccnn5)cc43)C2)s1. The molecule has 5 aromatic heterocycles. The van der Waals surface area contributed by atoms with Crippen LogP contribution in [-0.2, 0) is 0 Å². The molecule has 2 atom stereocenters. The number of hydrogen-bond donors (Lipinski definition) is 1. The largest absolute Gasteiger partial charge is 0.347 e. The van der Waals surface area contributed by atoms with Gasteiger partial charge in [0.2, 0.25) is 0 Å². The third kappa shape index (κ3) is 4.34. The number of pyridine rings is 2. The van der Waals surface area contributed by atoms with Gasteiger partial charge in [-0.15, -0.1) is 22.9 Å². The van der Waals surface area contributed by atoms with Gasteiger partial charge in [0.15, 0.2) is 22.5 Å². The zero-order valence-corrected chi connectivity index (χ0v) is 20.3. The van der Waals surface area contributed by atoms with Crippen LogP contribution in [0.1, 0.15) is 46.4 Å². The standard InChI is InChI=1S/C25H20FN9OS/c1-2-17-13-29-25(37-17)24(36)31-15-5-3-6-16(11-15)35-20-12-21(34-10-9-30-33-34)28-14-19(20)32-23(35)22-18(26)7-4-8-27-22/h1,4,7-10,12-16H,3,5-6,11H2,(H,31,36)/t15-,16+/m0/s1. The molecule has 0 aliphatic heterocycles. The summed E-state index contributed by atoms with van der Waals surface area (Å²) in [7, 11) is 0. The zero-order valence-electron chi connectivity index (χ0n) is 19.5. The van der Waals surface area contributed by atoms with Crippen molar-refractivity contribution in [3.05, 3.63) is 64.9 Å². The van der Waals surface area contributed by atoms with Crippen molar-refractivity contribution in [2.75, 3.05) is 0 Å². The van der Waals surface area contributed by atoms with Crippen molar-refractivity contribution in [1.82, 2.24) is 44.8 Å². The number of halogens is 1. The highest BCUT2D eigenvalue weighted by atomic mass is 32.1. The molecule has 1 amide bonds. The average molecular weight is 514 g/mol. The van der Waals surface area contributed by atoms with Crippen LogP contribution in [-0.4, -0.2) is 51.4 Å². The van der Waals surface area contributed by atoms with Crippen LogP contribution in [0.3, 0.4) is 0 Å². The van der Waals surface area contributed by atoms with Crippen LogP contribution in [0.5, 0.6) is 0 Å². The first-order valence-corrected chi connectivity index (χ1v) is 12.5. The van der Waals surface area contributed by atoms with E-state index in [0.29, 0.717) is 33.5 Å². The van der Waals surface area contributed by atoms with Crippen LogP contribution < -0.4 is 5.32 Å². The first-order chi connectivity index (χ1) is 18.1. The average Bonchev–Trinajstić information content (AvgIpc) is 3.68. The molecule has 1 fully saturated rings. The van der Waals surface area contributed by atoms with Gasteiger partial charge in [-0.3, -0.25) is 4.79 Å². The molecule has 37 heavy (non-hydrogen) atoms. The normalized spacial score (nSPS) is 17.5. The van der Waals surface area contributed by atoms with Crippen molar-refractivity contribution in [2.45, 2.75) is 37.8 Å². The highest BCUT2D eigenvalue weighted by Crippen LogP contribution is 2.36. The summed E-state index contributed by atoms with van der Waals surface area (Å²) in [5.41, 5.74) is 1.55. The highest BCUT2D eigenvalue weighted by Gasteiger charge is 2.30. The smallest absolute Gasteiger partial charge is 0.280 e. The minimum atomic E-state index is -0.461. The molecule has 12 heteroatoms. The number of amides is 1. The van der Waals surface area contributed by atoms with Gasteiger partial charge >= 0.3 is 0 Å².